The van der Waals surface area contributed by atoms with Crippen LogP contribution >= 0.6 is 0 Å². The molecule has 1 fully saturated rings. The normalized spacial score (nSPS) is 14.0. The summed E-state index contributed by atoms with van der Waals surface area (Å²) in [5.41, 5.74) is 2.37. The van der Waals surface area contributed by atoms with Gasteiger partial charge in [-0.1, -0.05) is 6.07 Å². The molecule has 0 radical (unpaired) electrons. The van der Waals surface area contributed by atoms with Gasteiger partial charge in [0.05, 0.1) is 5.56 Å². The van der Waals surface area contributed by atoms with Gasteiger partial charge >= 0.3 is 0 Å². The zero-order valence-corrected chi connectivity index (χ0v) is 15.9. The Morgan fingerprint density at radius 3 is 2.37 bits per heavy atom. The van der Waals surface area contributed by atoms with Crippen LogP contribution in [0, 0.1) is 0 Å². The van der Waals surface area contributed by atoms with Crippen LogP contribution in [0.5, 0.6) is 0 Å². The van der Waals surface area contributed by atoms with E-state index in [2.05, 4.69) is 20.3 Å². The molecule has 3 aromatic rings. The molecule has 0 spiro atoms. The number of hydroxylamine groups is 1. The van der Waals surface area contributed by atoms with Crippen molar-refractivity contribution in [2.24, 2.45) is 0 Å². The van der Waals surface area contributed by atoms with Gasteiger partial charge in [-0.05, 0) is 11.6 Å². The number of carbonyl (C=O) groups is 1. The number of piperazine rings is 1. The number of rotatable bonds is 6. The third-order valence-electron chi connectivity index (χ3n) is 4.96. The monoisotopic (exact) mass is 409 g/mol. The molecule has 0 saturated carbocycles. The fourth-order valence-electron chi connectivity index (χ4n) is 3.33. The molecule has 0 bridgehead atoms. The number of amides is 1. The van der Waals surface area contributed by atoms with Crippen LogP contribution in [0.1, 0.15) is 15.9 Å². The third-order valence-corrected chi connectivity index (χ3v) is 4.96. The van der Waals surface area contributed by atoms with Crippen molar-refractivity contribution in [3.63, 3.8) is 0 Å². The highest BCUT2D eigenvalue weighted by atomic mass is 16.5. The van der Waals surface area contributed by atoms with Crippen LogP contribution in [-0.4, -0.2) is 52.2 Å². The zero-order chi connectivity index (χ0) is 21.1. The Kier molecular flexibility index (Phi) is 5.35. The van der Waals surface area contributed by atoms with Gasteiger partial charge in [0.15, 0.2) is 0 Å². The van der Waals surface area contributed by atoms with Crippen LogP contribution in [0.3, 0.4) is 0 Å². The maximum atomic E-state index is 12.2. The largest absolute Gasteiger partial charge is 0.376 e. The molecule has 1 amide bonds. The molecule has 154 valence electrons. The highest BCUT2D eigenvalue weighted by molar-refractivity contribution is 5.92. The summed E-state index contributed by atoms with van der Waals surface area (Å²) in [6, 6.07) is 3.70. The van der Waals surface area contributed by atoms with E-state index in [0.717, 1.165) is 5.56 Å². The number of anilines is 3. The lowest BCUT2D eigenvalue weighted by Gasteiger charge is -2.37. The Labute approximate surface area is 170 Å². The van der Waals surface area contributed by atoms with Gasteiger partial charge in [-0.2, -0.15) is 0 Å². The van der Waals surface area contributed by atoms with Crippen LogP contribution in [0.4, 0.5) is 17.3 Å². The minimum Gasteiger partial charge on any atom is -0.376 e. The molecule has 11 nitrogen and oxygen atoms in total. The Morgan fingerprint density at radius 1 is 1.03 bits per heavy atom. The van der Waals surface area contributed by atoms with Crippen LogP contribution in [0.2, 0.25) is 0 Å². The molecule has 1 saturated heterocycles. The molecule has 30 heavy (non-hydrogen) atoms. The highest BCUT2D eigenvalue weighted by Gasteiger charge is 2.29. The fraction of sp³-hybridized carbons (Fsp3) is 0.263. The number of hydrogen-bond donors (Lipinski definition) is 3. The number of carbonyl (C=O) groups excluding carboxylic acids is 1. The summed E-state index contributed by atoms with van der Waals surface area (Å²) in [6.45, 7) is 2.55. The summed E-state index contributed by atoms with van der Waals surface area (Å²) in [5.74, 6) is -0.234. The summed E-state index contributed by atoms with van der Waals surface area (Å²) in [7, 11) is 0. The van der Waals surface area contributed by atoms with Gasteiger partial charge < -0.3 is 15.1 Å². The van der Waals surface area contributed by atoms with Crippen molar-refractivity contribution >= 4 is 23.2 Å². The summed E-state index contributed by atoms with van der Waals surface area (Å²) >= 11 is 0. The summed E-state index contributed by atoms with van der Waals surface area (Å²) in [6.07, 6.45) is 6.03. The first-order valence-electron chi connectivity index (χ1n) is 9.31. The molecule has 0 atom stereocenters. The van der Waals surface area contributed by atoms with Crippen LogP contribution in [0.15, 0.2) is 46.5 Å². The van der Waals surface area contributed by atoms with Crippen LogP contribution in [0.25, 0.3) is 0 Å². The second kappa shape index (κ2) is 8.25. The van der Waals surface area contributed by atoms with E-state index in [-0.39, 0.29) is 5.56 Å². The quantitative estimate of drug-likeness (QED) is 0.278. The second-order valence-electron chi connectivity index (χ2n) is 6.78. The van der Waals surface area contributed by atoms with E-state index in [0.29, 0.717) is 50.0 Å². The predicted molar refractivity (Wildman–Crippen MR) is 109 cm³/mol. The van der Waals surface area contributed by atoms with Gasteiger partial charge in [0.2, 0.25) is 5.95 Å². The molecular weight excluding hydrogens is 390 g/mol. The Bertz CT molecular complexity index is 1100. The Balaban J connectivity index is 1.40. The fourth-order valence-corrected chi connectivity index (χ4v) is 3.33. The summed E-state index contributed by atoms with van der Waals surface area (Å²) in [5, 5.41) is 11.7. The van der Waals surface area contributed by atoms with Crippen LogP contribution in [-0.2, 0) is 6.54 Å². The van der Waals surface area contributed by atoms with E-state index in [1.54, 1.807) is 12.4 Å². The van der Waals surface area contributed by atoms with E-state index in [1.807, 2.05) is 21.9 Å². The van der Waals surface area contributed by atoms with Gasteiger partial charge in [-0.25, -0.2) is 15.4 Å². The van der Waals surface area contributed by atoms with Crippen molar-refractivity contribution in [3.8, 4) is 0 Å². The zero-order valence-electron chi connectivity index (χ0n) is 15.9. The van der Waals surface area contributed by atoms with Gasteiger partial charge in [0.1, 0.15) is 11.4 Å². The summed E-state index contributed by atoms with van der Waals surface area (Å²) in [4.78, 5) is 51.7. The third kappa shape index (κ3) is 3.70. The Morgan fingerprint density at radius 2 is 1.73 bits per heavy atom. The number of nitrogens with zero attached hydrogens (tertiary/aromatic N) is 5. The number of nitrogens with one attached hydrogen (secondary N) is 2. The van der Waals surface area contributed by atoms with Crippen molar-refractivity contribution in [1.82, 2.24) is 20.4 Å². The topological polar surface area (TPSA) is 141 Å². The minimum absolute atomic E-state index is 0.146. The van der Waals surface area contributed by atoms with Crippen LogP contribution < -0.4 is 31.5 Å². The van der Waals surface area contributed by atoms with Crippen molar-refractivity contribution in [1.29, 1.82) is 0 Å². The minimum atomic E-state index is -0.683. The molecule has 0 unspecified atom stereocenters. The van der Waals surface area contributed by atoms with E-state index in [9.17, 15) is 14.4 Å². The van der Waals surface area contributed by atoms with E-state index < -0.39 is 16.8 Å². The number of aromatic nitrogens is 3. The second-order valence-corrected chi connectivity index (χ2v) is 6.78. The molecule has 1 aromatic carbocycles. The maximum absolute atomic E-state index is 12.2. The Hall–Kier alpha value is -3.86. The number of pyridine rings is 1. The lowest BCUT2D eigenvalue weighted by atomic mass is 10.1. The first-order chi connectivity index (χ1) is 14.6. The molecule has 11 heteroatoms. The molecule has 4 rings (SSSR count). The molecular formula is C19H19N7O4. The van der Waals surface area contributed by atoms with Crippen molar-refractivity contribution in [2.45, 2.75) is 6.54 Å². The standard InChI is InChI=1S/C19H19N7O4/c27-16-14(21-9-12-2-1-3-20-8-12)15(17(16)28)25-4-6-26(7-5-25)19-22-10-13(11-23-19)18(29)24-30/h1-3,8,10-11,21,30H,4-7,9H2,(H,24,29). The van der Waals surface area contributed by atoms with Gasteiger partial charge in [0.25, 0.3) is 16.8 Å². The molecule has 2 aromatic heterocycles. The maximum Gasteiger partial charge on any atom is 0.277 e. The lowest BCUT2D eigenvalue weighted by molar-refractivity contribution is 0.0705. The highest BCUT2D eigenvalue weighted by Crippen LogP contribution is 2.23. The van der Waals surface area contributed by atoms with Crippen molar-refractivity contribution < 1.29 is 10.0 Å². The molecule has 3 heterocycles. The van der Waals surface area contributed by atoms with E-state index >= 15 is 0 Å². The van der Waals surface area contributed by atoms with Gasteiger partial charge in [-0.15, -0.1) is 0 Å². The average Bonchev–Trinajstić information content (AvgIpc) is 2.81. The molecule has 1 aliphatic rings. The molecule has 3 N–H and O–H groups in total. The number of hydrogen-bond acceptors (Lipinski definition) is 10. The SMILES string of the molecule is O=C(NO)c1cnc(N2CCN(c3c(NCc4cccnc4)c(=O)c3=O)CC2)nc1. The first-order valence-corrected chi connectivity index (χ1v) is 9.31. The van der Waals surface area contributed by atoms with E-state index in [1.165, 1.54) is 17.9 Å². The molecule has 0 aliphatic carbocycles. The first kappa shape index (κ1) is 19.5. The predicted octanol–water partition coefficient (Wildman–Crippen LogP) is -0.475. The summed E-state index contributed by atoms with van der Waals surface area (Å²) < 4.78 is 0. The smallest absolute Gasteiger partial charge is 0.277 e. The van der Waals surface area contributed by atoms with Crippen molar-refractivity contribution in [2.75, 3.05) is 41.3 Å². The average molecular weight is 409 g/mol. The van der Waals surface area contributed by atoms with Crippen molar-refractivity contribution in [3.05, 3.63) is 68.5 Å². The lowest BCUT2D eigenvalue weighted by Crippen LogP contribution is -2.52. The van der Waals surface area contributed by atoms with E-state index in [4.69, 9.17) is 5.21 Å². The van der Waals surface area contributed by atoms with Gasteiger partial charge in [-0.3, -0.25) is 24.6 Å². The van der Waals surface area contributed by atoms with Gasteiger partial charge in [0, 0.05) is 57.5 Å². The molecule has 1 aliphatic heterocycles.